The van der Waals surface area contributed by atoms with Crippen LogP contribution in [0.15, 0.2) is 22.9 Å². The van der Waals surface area contributed by atoms with Crippen LogP contribution in [0.25, 0.3) is 11.0 Å². The second-order valence-electron chi connectivity index (χ2n) is 2.30. The van der Waals surface area contributed by atoms with E-state index in [0.717, 1.165) is 6.07 Å². The van der Waals surface area contributed by atoms with Gasteiger partial charge in [-0.3, -0.25) is 0 Å². The summed E-state index contributed by atoms with van der Waals surface area (Å²) in [6.07, 6.45) is 1.40. The predicted molar refractivity (Wildman–Crippen MR) is 38.7 cm³/mol. The monoisotopic (exact) mass is 162 g/mol. The zero-order chi connectivity index (χ0) is 8.55. The molecule has 12 heavy (non-hydrogen) atoms. The predicted octanol–water partition coefficient (Wildman–Crippen LogP) is 1.84. The minimum atomic E-state index is -0.490. The Balaban J connectivity index is 2.91. The van der Waals surface area contributed by atoms with Gasteiger partial charge in [-0.1, -0.05) is 5.16 Å². The van der Waals surface area contributed by atoms with E-state index < -0.39 is 5.82 Å². The zero-order valence-corrected chi connectivity index (χ0v) is 5.91. The highest BCUT2D eigenvalue weighted by molar-refractivity contribution is 5.82. The topological polar surface area (TPSA) is 49.8 Å². The van der Waals surface area contributed by atoms with Crippen molar-refractivity contribution >= 4 is 11.0 Å². The summed E-state index contributed by atoms with van der Waals surface area (Å²) in [4.78, 5) is 0. The van der Waals surface area contributed by atoms with Crippen LogP contribution in [0, 0.1) is 17.1 Å². The molecule has 1 aromatic heterocycles. The molecular weight excluding hydrogens is 159 g/mol. The van der Waals surface area contributed by atoms with E-state index in [1.54, 1.807) is 0 Å². The molecule has 0 spiro atoms. The lowest BCUT2D eigenvalue weighted by Crippen LogP contribution is -1.78. The van der Waals surface area contributed by atoms with Gasteiger partial charge in [-0.15, -0.1) is 0 Å². The first-order valence-corrected chi connectivity index (χ1v) is 3.25. The van der Waals surface area contributed by atoms with E-state index in [9.17, 15) is 4.39 Å². The van der Waals surface area contributed by atoms with Gasteiger partial charge in [0.1, 0.15) is 11.9 Å². The van der Waals surface area contributed by atoms with Crippen LogP contribution in [-0.4, -0.2) is 5.16 Å². The fourth-order valence-electron chi connectivity index (χ4n) is 1.03. The number of hydrogen-bond acceptors (Lipinski definition) is 3. The van der Waals surface area contributed by atoms with Crippen molar-refractivity contribution < 1.29 is 8.91 Å². The molecule has 0 saturated heterocycles. The van der Waals surface area contributed by atoms with Gasteiger partial charge >= 0.3 is 0 Å². The van der Waals surface area contributed by atoms with Crippen LogP contribution < -0.4 is 0 Å². The quantitative estimate of drug-likeness (QED) is 0.593. The van der Waals surface area contributed by atoms with Crippen molar-refractivity contribution in [1.29, 1.82) is 5.26 Å². The Morgan fingerprint density at radius 3 is 3.08 bits per heavy atom. The first-order chi connectivity index (χ1) is 5.81. The normalized spacial score (nSPS) is 10.0. The van der Waals surface area contributed by atoms with Gasteiger partial charge in [-0.25, -0.2) is 4.39 Å². The Bertz CT molecular complexity index is 469. The lowest BCUT2D eigenvalue weighted by Gasteiger charge is -1.90. The van der Waals surface area contributed by atoms with Crippen LogP contribution in [0.5, 0.6) is 0 Å². The molecule has 0 bridgehead atoms. The molecule has 0 unspecified atom stereocenters. The van der Waals surface area contributed by atoms with Crippen molar-refractivity contribution in [3.63, 3.8) is 0 Å². The highest BCUT2D eigenvalue weighted by atomic mass is 19.1. The smallest absolute Gasteiger partial charge is 0.171 e. The van der Waals surface area contributed by atoms with E-state index in [2.05, 4.69) is 5.16 Å². The molecular formula is C8H3FN2O. The fourth-order valence-corrected chi connectivity index (χ4v) is 1.03. The summed E-state index contributed by atoms with van der Waals surface area (Å²) >= 11 is 0. The molecule has 4 heteroatoms. The van der Waals surface area contributed by atoms with Crippen molar-refractivity contribution in [2.75, 3.05) is 0 Å². The van der Waals surface area contributed by atoms with Crippen LogP contribution >= 0.6 is 0 Å². The third kappa shape index (κ3) is 0.839. The molecule has 0 fully saturated rings. The van der Waals surface area contributed by atoms with Gasteiger partial charge in [0.2, 0.25) is 0 Å². The summed E-state index contributed by atoms with van der Waals surface area (Å²) in [5.41, 5.74) is 0.540. The highest BCUT2D eigenvalue weighted by Crippen LogP contribution is 2.18. The Labute approximate surface area is 67.0 Å². The maximum atomic E-state index is 12.7. The number of fused-ring (bicyclic) bond motifs is 1. The van der Waals surface area contributed by atoms with Gasteiger partial charge in [0.25, 0.3) is 0 Å². The molecule has 0 amide bonds. The average Bonchev–Trinajstić information content (AvgIpc) is 2.50. The fraction of sp³-hybridized carbons (Fsp3) is 0. The van der Waals surface area contributed by atoms with E-state index in [4.69, 9.17) is 9.78 Å². The van der Waals surface area contributed by atoms with Gasteiger partial charge in [0.05, 0.1) is 17.1 Å². The Morgan fingerprint density at radius 1 is 1.50 bits per heavy atom. The van der Waals surface area contributed by atoms with Crippen LogP contribution in [-0.2, 0) is 0 Å². The number of aromatic nitrogens is 1. The van der Waals surface area contributed by atoms with Crippen LogP contribution in [0.1, 0.15) is 5.56 Å². The molecule has 0 aliphatic carbocycles. The first kappa shape index (κ1) is 6.80. The van der Waals surface area contributed by atoms with Gasteiger partial charge in [-0.05, 0) is 6.07 Å². The summed E-state index contributed by atoms with van der Waals surface area (Å²) in [5, 5.41) is 12.6. The molecule has 3 nitrogen and oxygen atoms in total. The SMILES string of the molecule is N#Cc1cc(F)cc2oncc12. The average molecular weight is 162 g/mol. The van der Waals surface area contributed by atoms with E-state index in [1.165, 1.54) is 12.3 Å². The van der Waals surface area contributed by atoms with Gasteiger partial charge < -0.3 is 4.52 Å². The number of nitrogens with zero attached hydrogens (tertiary/aromatic N) is 2. The lowest BCUT2D eigenvalue weighted by molar-refractivity contribution is 0.454. The molecule has 0 aliphatic heterocycles. The largest absolute Gasteiger partial charge is 0.356 e. The summed E-state index contributed by atoms with van der Waals surface area (Å²) in [5.74, 6) is -0.490. The standard InChI is InChI=1S/C8H3FN2O/c9-6-1-5(3-10)7-4-11-12-8(7)2-6/h1-2,4H. The van der Waals surface area contributed by atoms with Crippen LogP contribution in [0.2, 0.25) is 0 Å². The number of benzene rings is 1. The lowest BCUT2D eigenvalue weighted by atomic mass is 10.1. The Hall–Kier alpha value is -1.89. The molecule has 1 heterocycles. The number of hydrogen-bond donors (Lipinski definition) is 0. The first-order valence-electron chi connectivity index (χ1n) is 3.25. The summed E-state index contributed by atoms with van der Waals surface area (Å²) in [6.45, 7) is 0. The Morgan fingerprint density at radius 2 is 2.33 bits per heavy atom. The third-order valence-electron chi connectivity index (χ3n) is 1.56. The number of nitriles is 1. The summed E-state index contributed by atoms with van der Waals surface area (Å²) in [6, 6.07) is 4.21. The van der Waals surface area contributed by atoms with Gasteiger partial charge in [0, 0.05) is 6.07 Å². The summed E-state index contributed by atoms with van der Waals surface area (Å²) in [7, 11) is 0. The highest BCUT2D eigenvalue weighted by Gasteiger charge is 2.06. The van der Waals surface area contributed by atoms with E-state index in [0.29, 0.717) is 11.0 Å². The second kappa shape index (κ2) is 2.31. The third-order valence-corrected chi connectivity index (χ3v) is 1.56. The van der Waals surface area contributed by atoms with E-state index in [1.807, 2.05) is 6.07 Å². The van der Waals surface area contributed by atoms with Gasteiger partial charge in [-0.2, -0.15) is 5.26 Å². The van der Waals surface area contributed by atoms with E-state index >= 15 is 0 Å². The van der Waals surface area contributed by atoms with Crippen molar-refractivity contribution in [1.82, 2.24) is 5.16 Å². The zero-order valence-electron chi connectivity index (χ0n) is 5.91. The second-order valence-corrected chi connectivity index (χ2v) is 2.30. The van der Waals surface area contributed by atoms with Crippen molar-refractivity contribution in [2.24, 2.45) is 0 Å². The Kier molecular flexibility index (Phi) is 1.31. The van der Waals surface area contributed by atoms with Crippen LogP contribution in [0.4, 0.5) is 4.39 Å². The maximum Gasteiger partial charge on any atom is 0.171 e. The molecule has 0 N–H and O–H groups in total. The van der Waals surface area contributed by atoms with E-state index in [-0.39, 0.29) is 5.56 Å². The molecule has 0 radical (unpaired) electrons. The molecule has 58 valence electrons. The minimum Gasteiger partial charge on any atom is -0.356 e. The number of rotatable bonds is 0. The molecule has 2 rings (SSSR count). The molecule has 0 atom stereocenters. The molecule has 0 saturated carbocycles. The molecule has 0 aliphatic rings. The van der Waals surface area contributed by atoms with Crippen molar-refractivity contribution in [3.05, 3.63) is 29.7 Å². The maximum absolute atomic E-state index is 12.7. The molecule has 2 aromatic rings. The molecule has 1 aromatic carbocycles. The van der Waals surface area contributed by atoms with Crippen LogP contribution in [0.3, 0.4) is 0 Å². The van der Waals surface area contributed by atoms with Crippen molar-refractivity contribution in [2.45, 2.75) is 0 Å². The van der Waals surface area contributed by atoms with Crippen molar-refractivity contribution in [3.8, 4) is 6.07 Å². The minimum absolute atomic E-state index is 0.242. The summed E-state index contributed by atoms with van der Waals surface area (Å²) < 4.78 is 17.4. The number of halogens is 1. The van der Waals surface area contributed by atoms with Gasteiger partial charge in [0.15, 0.2) is 5.58 Å².